The van der Waals surface area contributed by atoms with Gasteiger partial charge in [-0.1, -0.05) is 24.6 Å². The van der Waals surface area contributed by atoms with Crippen LogP contribution in [-0.2, 0) is 13.1 Å². The van der Waals surface area contributed by atoms with Gasteiger partial charge in [0.2, 0.25) is 0 Å². The fourth-order valence-electron chi connectivity index (χ4n) is 2.19. The molecule has 0 bridgehead atoms. The highest BCUT2D eigenvalue weighted by atomic mass is 16.3. The van der Waals surface area contributed by atoms with Gasteiger partial charge < -0.3 is 14.6 Å². The van der Waals surface area contributed by atoms with Gasteiger partial charge in [-0.2, -0.15) is 0 Å². The zero-order chi connectivity index (χ0) is 14.4. The van der Waals surface area contributed by atoms with Gasteiger partial charge in [-0.25, -0.2) is 0 Å². The zero-order valence-electron chi connectivity index (χ0n) is 12.6. The van der Waals surface area contributed by atoms with Gasteiger partial charge in [-0.3, -0.25) is 0 Å². The van der Waals surface area contributed by atoms with Crippen molar-refractivity contribution in [2.24, 2.45) is 0 Å². The molecule has 0 saturated heterocycles. The minimum atomic E-state index is 0.803. The van der Waals surface area contributed by atoms with Gasteiger partial charge in [0.25, 0.3) is 0 Å². The second-order valence-electron chi connectivity index (χ2n) is 5.24. The molecule has 0 spiro atoms. The Morgan fingerprint density at radius 3 is 2.60 bits per heavy atom. The fourth-order valence-corrected chi connectivity index (χ4v) is 2.19. The lowest BCUT2D eigenvalue weighted by molar-refractivity contribution is 0.478. The van der Waals surface area contributed by atoms with Crippen molar-refractivity contribution >= 4 is 5.69 Å². The third kappa shape index (κ3) is 3.87. The Kier molecular flexibility index (Phi) is 5.24. The number of hydrogen-bond donors (Lipinski definition) is 1. The normalized spacial score (nSPS) is 10.8. The molecule has 0 fully saturated rings. The summed E-state index contributed by atoms with van der Waals surface area (Å²) in [6.45, 7) is 6.97. The van der Waals surface area contributed by atoms with E-state index in [0.29, 0.717) is 0 Å². The van der Waals surface area contributed by atoms with Crippen molar-refractivity contribution < 1.29 is 4.42 Å². The number of nitrogens with zero attached hydrogens (tertiary/aromatic N) is 1. The van der Waals surface area contributed by atoms with Crippen LogP contribution in [0, 0.1) is 6.92 Å². The van der Waals surface area contributed by atoms with E-state index in [1.165, 1.54) is 16.8 Å². The summed E-state index contributed by atoms with van der Waals surface area (Å²) in [4.78, 5) is 2.24. The number of furan rings is 1. The number of anilines is 1. The van der Waals surface area contributed by atoms with Gasteiger partial charge in [0.05, 0.1) is 12.8 Å². The molecule has 0 aliphatic rings. The van der Waals surface area contributed by atoms with Gasteiger partial charge in [-0.05, 0) is 38.1 Å². The van der Waals surface area contributed by atoms with Gasteiger partial charge in [0.15, 0.2) is 0 Å². The van der Waals surface area contributed by atoms with E-state index in [-0.39, 0.29) is 0 Å². The van der Waals surface area contributed by atoms with Crippen LogP contribution in [0.15, 0.2) is 41.0 Å². The molecule has 108 valence electrons. The topological polar surface area (TPSA) is 28.4 Å². The Morgan fingerprint density at radius 1 is 1.15 bits per heavy atom. The van der Waals surface area contributed by atoms with Crippen LogP contribution in [0.3, 0.4) is 0 Å². The van der Waals surface area contributed by atoms with E-state index >= 15 is 0 Å². The van der Waals surface area contributed by atoms with Crippen LogP contribution < -0.4 is 10.2 Å². The summed E-state index contributed by atoms with van der Waals surface area (Å²) in [5.74, 6) is 1.04. The summed E-state index contributed by atoms with van der Waals surface area (Å²) in [5, 5.41) is 3.39. The largest absolute Gasteiger partial charge is 0.468 e. The van der Waals surface area contributed by atoms with Crippen LogP contribution in [0.1, 0.15) is 30.2 Å². The Hall–Kier alpha value is -1.74. The molecule has 3 heteroatoms. The molecule has 20 heavy (non-hydrogen) atoms. The average molecular weight is 272 g/mol. The summed E-state index contributed by atoms with van der Waals surface area (Å²) < 4.78 is 5.58. The molecule has 3 nitrogen and oxygen atoms in total. The Labute approximate surface area is 121 Å². The Morgan fingerprint density at radius 2 is 1.90 bits per heavy atom. The molecule has 0 radical (unpaired) electrons. The molecule has 0 aliphatic carbocycles. The molecule has 2 aromatic rings. The first-order chi connectivity index (χ1) is 9.70. The minimum Gasteiger partial charge on any atom is -0.468 e. The molecule has 1 aromatic heterocycles. The molecular weight excluding hydrogens is 248 g/mol. The number of benzene rings is 1. The minimum absolute atomic E-state index is 0.803. The molecule has 1 heterocycles. The van der Waals surface area contributed by atoms with Gasteiger partial charge in [-0.15, -0.1) is 0 Å². The number of aryl methyl sites for hydroxylation is 1. The van der Waals surface area contributed by atoms with E-state index < -0.39 is 0 Å². The van der Waals surface area contributed by atoms with Crippen molar-refractivity contribution in [2.75, 3.05) is 18.5 Å². The SMILES string of the molecule is CCCNCc1occc1CN(C)c1ccc(C)cc1. The van der Waals surface area contributed by atoms with Crippen LogP contribution in [0.2, 0.25) is 0 Å². The van der Waals surface area contributed by atoms with E-state index in [2.05, 4.69) is 61.4 Å². The Balaban J connectivity index is 1.98. The number of nitrogens with one attached hydrogen (secondary N) is 1. The maximum absolute atomic E-state index is 5.58. The lowest BCUT2D eigenvalue weighted by Gasteiger charge is -2.19. The lowest BCUT2D eigenvalue weighted by atomic mass is 10.2. The maximum atomic E-state index is 5.58. The van der Waals surface area contributed by atoms with E-state index in [1.54, 1.807) is 6.26 Å². The summed E-state index contributed by atoms with van der Waals surface area (Å²) in [6, 6.07) is 10.7. The van der Waals surface area contributed by atoms with Crippen LogP contribution in [0.25, 0.3) is 0 Å². The van der Waals surface area contributed by atoms with Crippen LogP contribution in [0.4, 0.5) is 5.69 Å². The van der Waals surface area contributed by atoms with Gasteiger partial charge in [0.1, 0.15) is 5.76 Å². The third-order valence-corrected chi connectivity index (χ3v) is 3.43. The first kappa shape index (κ1) is 14.7. The summed E-state index contributed by atoms with van der Waals surface area (Å²) >= 11 is 0. The lowest BCUT2D eigenvalue weighted by Crippen LogP contribution is -2.19. The summed E-state index contributed by atoms with van der Waals surface area (Å²) in [7, 11) is 2.11. The molecule has 1 N–H and O–H groups in total. The van der Waals surface area contributed by atoms with Crippen molar-refractivity contribution in [3.05, 3.63) is 53.5 Å². The predicted molar refractivity (Wildman–Crippen MR) is 84.0 cm³/mol. The molecule has 0 amide bonds. The van der Waals surface area contributed by atoms with Crippen molar-refractivity contribution in [2.45, 2.75) is 33.4 Å². The fraction of sp³-hybridized carbons (Fsp3) is 0.412. The first-order valence-corrected chi connectivity index (χ1v) is 7.24. The molecule has 0 aliphatic heterocycles. The van der Waals surface area contributed by atoms with Gasteiger partial charge in [0, 0.05) is 24.8 Å². The predicted octanol–water partition coefficient (Wildman–Crippen LogP) is 3.72. The van der Waals surface area contributed by atoms with Crippen molar-refractivity contribution in [3.63, 3.8) is 0 Å². The molecule has 0 atom stereocenters. The monoisotopic (exact) mass is 272 g/mol. The molecule has 2 rings (SSSR count). The zero-order valence-corrected chi connectivity index (χ0v) is 12.6. The summed E-state index contributed by atoms with van der Waals surface area (Å²) in [5.41, 5.74) is 3.76. The smallest absolute Gasteiger partial charge is 0.122 e. The highest BCUT2D eigenvalue weighted by Gasteiger charge is 2.09. The molecular formula is C17H24N2O. The summed E-state index contributed by atoms with van der Waals surface area (Å²) in [6.07, 6.45) is 2.92. The average Bonchev–Trinajstić information content (AvgIpc) is 2.87. The first-order valence-electron chi connectivity index (χ1n) is 7.24. The van der Waals surface area contributed by atoms with E-state index in [9.17, 15) is 0 Å². The van der Waals surface area contributed by atoms with Crippen LogP contribution in [0.5, 0.6) is 0 Å². The standard InChI is InChI=1S/C17H24N2O/c1-4-10-18-12-17-15(9-11-20-17)13-19(3)16-7-5-14(2)6-8-16/h5-9,11,18H,4,10,12-13H2,1-3H3. The van der Waals surface area contributed by atoms with E-state index in [0.717, 1.165) is 31.8 Å². The number of rotatable bonds is 7. The van der Waals surface area contributed by atoms with E-state index in [4.69, 9.17) is 4.42 Å². The van der Waals surface area contributed by atoms with Crippen molar-refractivity contribution in [3.8, 4) is 0 Å². The van der Waals surface area contributed by atoms with E-state index in [1.807, 2.05) is 0 Å². The van der Waals surface area contributed by atoms with Crippen LogP contribution in [-0.4, -0.2) is 13.6 Å². The van der Waals surface area contributed by atoms with Crippen LogP contribution >= 0.6 is 0 Å². The number of hydrogen-bond acceptors (Lipinski definition) is 3. The maximum Gasteiger partial charge on any atom is 0.122 e. The molecule has 1 aromatic carbocycles. The molecule has 0 unspecified atom stereocenters. The third-order valence-electron chi connectivity index (χ3n) is 3.43. The second kappa shape index (κ2) is 7.15. The molecule has 0 saturated carbocycles. The quantitative estimate of drug-likeness (QED) is 0.779. The van der Waals surface area contributed by atoms with Crippen molar-refractivity contribution in [1.82, 2.24) is 5.32 Å². The highest BCUT2D eigenvalue weighted by molar-refractivity contribution is 5.47. The highest BCUT2D eigenvalue weighted by Crippen LogP contribution is 2.19. The Bertz CT molecular complexity index is 516. The van der Waals surface area contributed by atoms with Crippen molar-refractivity contribution in [1.29, 1.82) is 0 Å². The second-order valence-corrected chi connectivity index (χ2v) is 5.24. The van der Waals surface area contributed by atoms with Gasteiger partial charge >= 0.3 is 0 Å².